The number of rotatable bonds is 3. The summed E-state index contributed by atoms with van der Waals surface area (Å²) in [6.45, 7) is 0. The molecule has 0 bridgehead atoms. The second-order valence-corrected chi connectivity index (χ2v) is 20.4. The van der Waals surface area contributed by atoms with E-state index in [9.17, 15) is 25.3 Å². The van der Waals surface area contributed by atoms with E-state index < -0.39 is 34.1 Å². The molecule has 13 heavy (non-hydrogen) atoms. The van der Waals surface area contributed by atoms with Gasteiger partial charge in [0.25, 0.3) is 0 Å². The summed E-state index contributed by atoms with van der Waals surface area (Å²) in [6.07, 6.45) is -1.63. The summed E-state index contributed by atoms with van der Waals surface area (Å²) in [7, 11) is -12.2. The van der Waals surface area contributed by atoms with Gasteiger partial charge in [0, 0.05) is 18.8 Å². The van der Waals surface area contributed by atoms with Crippen molar-refractivity contribution in [1.29, 1.82) is 0 Å². The Balaban J connectivity index is 5.87. The van der Waals surface area contributed by atoms with Crippen LogP contribution >= 0.6 is 0 Å². The minimum absolute atomic E-state index is 0.614. The molecule has 6 nitrogen and oxygen atoms in total. The highest BCUT2D eigenvalue weighted by Gasteiger charge is 2.46. The first-order valence-corrected chi connectivity index (χ1v) is 12.2. The summed E-state index contributed by atoms with van der Waals surface area (Å²) < 4.78 is 65.5. The van der Waals surface area contributed by atoms with Crippen LogP contribution in [0.5, 0.6) is 0 Å². The Bertz CT molecular complexity index is 405. The van der Waals surface area contributed by atoms with Crippen molar-refractivity contribution >= 4 is 34.1 Å². The molecule has 0 atom stereocenters. The van der Waals surface area contributed by atoms with E-state index in [4.69, 9.17) is 0 Å². The Morgan fingerprint density at radius 2 is 0.769 bits per heavy atom. The van der Waals surface area contributed by atoms with Gasteiger partial charge in [-0.05, 0) is 0 Å². The van der Waals surface area contributed by atoms with E-state index >= 15 is 0 Å². The van der Waals surface area contributed by atoms with Gasteiger partial charge in [-0.1, -0.05) is 0 Å². The maximum atomic E-state index is 10.9. The molecule has 0 unspecified atom stereocenters. The fraction of sp³-hybridized carbons (Fsp3) is 1.00. The first-order valence-electron chi connectivity index (χ1n) is 2.84. The lowest BCUT2D eigenvalue weighted by molar-refractivity contribution is 0.607. The largest absolute Gasteiger partial charge is 0.488 e. The molecule has 0 spiro atoms. The zero-order chi connectivity index (χ0) is 11.1. The van der Waals surface area contributed by atoms with E-state index in [1.807, 2.05) is 0 Å². The van der Waals surface area contributed by atoms with Crippen LogP contribution < -0.4 is 0 Å². The van der Waals surface area contributed by atoms with Crippen molar-refractivity contribution in [3.63, 3.8) is 0 Å². The monoisotopic (exact) mass is 265 g/mol. The molecule has 0 aromatic carbocycles. The highest BCUT2D eigenvalue weighted by molar-refractivity contribution is 8.69. The Hall–Kier alpha value is 0.0669. The third-order valence-electron chi connectivity index (χ3n) is 0.908. The van der Waals surface area contributed by atoms with E-state index in [1.54, 1.807) is 0 Å². The van der Waals surface area contributed by atoms with Crippen molar-refractivity contribution in [2.24, 2.45) is 0 Å². The normalized spacial score (nSPS) is 14.8. The average Bonchev–Trinajstić information content (AvgIpc) is 1.44. The highest BCUT2D eigenvalue weighted by Crippen LogP contribution is 2.08. The van der Waals surface area contributed by atoms with Crippen LogP contribution in [0.2, 0.25) is 0 Å². The molecule has 0 amide bonds. The molecule has 0 fully saturated rings. The Kier molecular flexibility index (Phi) is 3.35. The lowest BCUT2D eigenvalue weighted by Crippen LogP contribution is -2.41. The smallest absolute Gasteiger partial charge is 0.234 e. The van der Waals surface area contributed by atoms with Crippen LogP contribution in [-0.2, 0) is 27.9 Å². The third-order valence-corrected chi connectivity index (χ3v) is 24.5. The van der Waals surface area contributed by atoms with E-state index in [1.165, 1.54) is 0 Å². The summed E-state index contributed by atoms with van der Waals surface area (Å²) in [5, 5.41) is 0. The fourth-order valence-corrected chi connectivity index (χ4v) is 22.3. The van der Waals surface area contributed by atoms with E-state index in [0.717, 1.165) is 0 Å². The fourth-order valence-electron chi connectivity index (χ4n) is 0.825. The van der Waals surface area contributed by atoms with E-state index in [-0.39, 0.29) is 0 Å². The minimum atomic E-state index is -4.05. The molecular formula is C3H9O6S3Si. The molecule has 0 aromatic heterocycles. The minimum Gasteiger partial charge on any atom is -0.234 e. The predicted octanol–water partition coefficient (Wildman–Crippen LogP) is -1.89. The Labute approximate surface area is 78.3 Å². The average molecular weight is 265 g/mol. The lowest BCUT2D eigenvalue weighted by atomic mass is 12.0. The van der Waals surface area contributed by atoms with Crippen LogP contribution in [0, 0.1) is 0 Å². The van der Waals surface area contributed by atoms with E-state index in [2.05, 4.69) is 0 Å². The molecule has 0 aliphatic rings. The SMILES string of the molecule is CS(=O)(=O)[Si](S(C)(=O)=O)S(C)(=O)=O. The van der Waals surface area contributed by atoms with Crippen LogP contribution in [0.25, 0.3) is 0 Å². The molecular weight excluding hydrogens is 256 g/mol. The summed E-state index contributed by atoms with van der Waals surface area (Å²) in [6, 6.07) is 0. The molecule has 0 rings (SSSR count). The van der Waals surface area contributed by atoms with Crippen molar-refractivity contribution in [3.05, 3.63) is 0 Å². The number of hydrogen-bond donors (Lipinski definition) is 0. The zero-order valence-electron chi connectivity index (χ0n) is 7.17. The van der Waals surface area contributed by atoms with Crippen molar-refractivity contribution in [2.45, 2.75) is 0 Å². The Morgan fingerprint density at radius 3 is 0.769 bits per heavy atom. The van der Waals surface area contributed by atoms with Crippen LogP contribution in [0.15, 0.2) is 0 Å². The summed E-state index contributed by atoms with van der Waals surface area (Å²) in [4.78, 5) is 0. The topological polar surface area (TPSA) is 102 Å². The van der Waals surface area contributed by atoms with Gasteiger partial charge in [-0.25, -0.2) is 25.3 Å². The first kappa shape index (κ1) is 13.1. The first-order chi connectivity index (χ1) is 5.37. The third kappa shape index (κ3) is 3.75. The standard InChI is InChI=1S/C3H9O6S3Si/c1-10(4,5)13(11(2,6)7)12(3,8)9/h1-3H3. The second kappa shape index (κ2) is 3.33. The second-order valence-electron chi connectivity index (χ2n) is 2.57. The predicted molar refractivity (Wildman–Crippen MR) is 50.3 cm³/mol. The van der Waals surface area contributed by atoms with Crippen molar-refractivity contribution in [2.75, 3.05) is 18.8 Å². The molecule has 10 heteroatoms. The van der Waals surface area contributed by atoms with Crippen LogP contribution in [0.1, 0.15) is 0 Å². The van der Waals surface area contributed by atoms with Gasteiger partial charge in [-0.15, -0.1) is 0 Å². The summed E-state index contributed by atoms with van der Waals surface area (Å²) in [5.41, 5.74) is 0. The summed E-state index contributed by atoms with van der Waals surface area (Å²) in [5.74, 6) is 0. The molecule has 0 aliphatic heterocycles. The van der Waals surface area contributed by atoms with Gasteiger partial charge < -0.3 is 0 Å². The molecule has 1 radical (unpaired) electrons. The van der Waals surface area contributed by atoms with Gasteiger partial charge in [0.05, 0.1) is 0 Å². The number of hydrogen-bond acceptors (Lipinski definition) is 6. The van der Waals surface area contributed by atoms with Crippen LogP contribution in [-0.4, -0.2) is 50.3 Å². The zero-order valence-corrected chi connectivity index (χ0v) is 10.6. The molecule has 0 heterocycles. The maximum Gasteiger partial charge on any atom is 0.488 e. The van der Waals surface area contributed by atoms with Gasteiger partial charge in [0.15, 0.2) is 27.9 Å². The van der Waals surface area contributed by atoms with Crippen molar-refractivity contribution in [1.82, 2.24) is 0 Å². The van der Waals surface area contributed by atoms with Gasteiger partial charge in [0.1, 0.15) is 0 Å². The maximum absolute atomic E-state index is 10.9. The summed E-state index contributed by atoms with van der Waals surface area (Å²) >= 11 is 0. The molecule has 0 aliphatic carbocycles. The van der Waals surface area contributed by atoms with Crippen molar-refractivity contribution in [3.8, 4) is 0 Å². The van der Waals surface area contributed by atoms with Crippen LogP contribution in [0.3, 0.4) is 0 Å². The van der Waals surface area contributed by atoms with Gasteiger partial charge in [0.2, 0.25) is 0 Å². The van der Waals surface area contributed by atoms with Crippen LogP contribution in [0.4, 0.5) is 0 Å². The van der Waals surface area contributed by atoms with E-state index in [0.29, 0.717) is 18.8 Å². The molecule has 79 valence electrons. The van der Waals surface area contributed by atoms with Gasteiger partial charge >= 0.3 is 6.25 Å². The molecule has 0 saturated heterocycles. The lowest BCUT2D eigenvalue weighted by Gasteiger charge is -2.05. The van der Waals surface area contributed by atoms with Gasteiger partial charge in [-0.3, -0.25) is 0 Å². The van der Waals surface area contributed by atoms with Crippen molar-refractivity contribution < 1.29 is 25.3 Å². The molecule has 0 aromatic rings. The molecule has 0 N–H and O–H groups in total. The van der Waals surface area contributed by atoms with Gasteiger partial charge in [-0.2, -0.15) is 0 Å². The highest BCUT2D eigenvalue weighted by atomic mass is 32.8. The Morgan fingerprint density at radius 1 is 0.615 bits per heavy atom. The molecule has 0 saturated carbocycles. The quantitative estimate of drug-likeness (QED) is 0.553.